The number of nitrogens with two attached hydrogens (primary N) is 1. The summed E-state index contributed by atoms with van der Waals surface area (Å²) < 4.78 is 10.7. The van der Waals surface area contributed by atoms with Crippen LogP contribution >= 0.6 is 11.6 Å². The van der Waals surface area contributed by atoms with Crippen molar-refractivity contribution >= 4 is 11.6 Å². The molecule has 2 N–H and O–H groups in total. The molecule has 0 spiro atoms. The van der Waals surface area contributed by atoms with Crippen LogP contribution in [-0.2, 0) is 16.9 Å². The first-order valence-corrected chi connectivity index (χ1v) is 5.18. The van der Waals surface area contributed by atoms with Crippen molar-refractivity contribution in [2.45, 2.75) is 26.0 Å². The topological polar surface area (TPSA) is 44.5 Å². The summed E-state index contributed by atoms with van der Waals surface area (Å²) in [5.41, 5.74) is 7.49. The van der Waals surface area contributed by atoms with Crippen molar-refractivity contribution in [2.24, 2.45) is 5.73 Å². The van der Waals surface area contributed by atoms with Gasteiger partial charge in [0.15, 0.2) is 6.79 Å². The number of hydrogen-bond acceptors (Lipinski definition) is 3. The van der Waals surface area contributed by atoms with Crippen molar-refractivity contribution in [1.82, 2.24) is 0 Å². The predicted molar refractivity (Wildman–Crippen MR) is 58.9 cm³/mol. The van der Waals surface area contributed by atoms with Crippen molar-refractivity contribution in [3.05, 3.63) is 28.3 Å². The number of halogens is 1. The summed E-state index contributed by atoms with van der Waals surface area (Å²) in [7, 11) is 0. The molecule has 82 valence electrons. The average molecular weight is 228 g/mol. The van der Waals surface area contributed by atoms with E-state index in [0.717, 1.165) is 16.9 Å². The van der Waals surface area contributed by atoms with Gasteiger partial charge in [-0.05, 0) is 26.0 Å². The summed E-state index contributed by atoms with van der Waals surface area (Å²) in [5, 5.41) is 0.663. The minimum Gasteiger partial charge on any atom is -0.467 e. The monoisotopic (exact) mass is 227 g/mol. The Morgan fingerprint density at radius 3 is 2.80 bits per heavy atom. The summed E-state index contributed by atoms with van der Waals surface area (Å²) in [5.74, 6) is 0.818. The van der Waals surface area contributed by atoms with Gasteiger partial charge in [-0.15, -0.1) is 0 Å². The summed E-state index contributed by atoms with van der Waals surface area (Å²) in [6.45, 7) is 4.66. The fraction of sp³-hybridized carbons (Fsp3) is 0.455. The first kappa shape index (κ1) is 10.7. The van der Waals surface area contributed by atoms with Gasteiger partial charge in [-0.1, -0.05) is 11.6 Å². The Hall–Kier alpha value is -0.770. The van der Waals surface area contributed by atoms with Crippen LogP contribution in [0.3, 0.4) is 0 Å². The molecule has 1 heterocycles. The van der Waals surface area contributed by atoms with Gasteiger partial charge in [0.25, 0.3) is 0 Å². The summed E-state index contributed by atoms with van der Waals surface area (Å²) >= 11 is 6.02. The minimum atomic E-state index is -0.466. The molecule has 0 saturated heterocycles. The van der Waals surface area contributed by atoms with Crippen LogP contribution in [0.25, 0.3) is 0 Å². The molecule has 0 aliphatic carbocycles. The van der Waals surface area contributed by atoms with Gasteiger partial charge in [-0.2, -0.15) is 0 Å². The molecule has 0 saturated carbocycles. The third-order valence-electron chi connectivity index (χ3n) is 2.37. The number of rotatable bonds is 1. The lowest BCUT2D eigenvalue weighted by atomic mass is 9.92. The Morgan fingerprint density at radius 1 is 1.40 bits per heavy atom. The Bertz CT molecular complexity index is 385. The number of benzene rings is 1. The van der Waals surface area contributed by atoms with Crippen molar-refractivity contribution in [2.75, 3.05) is 6.79 Å². The Morgan fingerprint density at radius 2 is 2.13 bits per heavy atom. The third kappa shape index (κ3) is 2.09. The highest BCUT2D eigenvalue weighted by Crippen LogP contribution is 2.36. The largest absolute Gasteiger partial charge is 0.467 e. The summed E-state index contributed by atoms with van der Waals surface area (Å²) in [4.78, 5) is 0. The first-order chi connectivity index (χ1) is 6.98. The lowest BCUT2D eigenvalue weighted by molar-refractivity contribution is -0.0176. The van der Waals surface area contributed by atoms with E-state index in [9.17, 15) is 0 Å². The maximum absolute atomic E-state index is 6.07. The zero-order chi connectivity index (χ0) is 11.1. The standard InChI is InChI=1S/C11H14ClNO2/c1-11(2,13)9-4-8(12)3-7-5-14-6-15-10(7)9/h3-4H,5-6,13H2,1-2H3. The highest BCUT2D eigenvalue weighted by Gasteiger charge is 2.24. The van der Waals surface area contributed by atoms with E-state index in [4.69, 9.17) is 26.8 Å². The van der Waals surface area contributed by atoms with E-state index in [-0.39, 0.29) is 6.79 Å². The fourth-order valence-corrected chi connectivity index (χ4v) is 1.90. The van der Waals surface area contributed by atoms with Gasteiger partial charge in [0.1, 0.15) is 5.75 Å². The van der Waals surface area contributed by atoms with E-state index in [2.05, 4.69) is 0 Å². The molecular weight excluding hydrogens is 214 g/mol. The summed E-state index contributed by atoms with van der Waals surface area (Å²) in [6.07, 6.45) is 0. The zero-order valence-corrected chi connectivity index (χ0v) is 9.60. The summed E-state index contributed by atoms with van der Waals surface area (Å²) in [6, 6.07) is 3.71. The molecule has 4 heteroatoms. The molecule has 0 radical (unpaired) electrons. The van der Waals surface area contributed by atoms with Gasteiger partial charge in [-0.25, -0.2) is 0 Å². The van der Waals surface area contributed by atoms with Crippen LogP contribution in [0.2, 0.25) is 5.02 Å². The van der Waals surface area contributed by atoms with Crippen LogP contribution < -0.4 is 10.5 Å². The fourth-order valence-electron chi connectivity index (χ4n) is 1.66. The SMILES string of the molecule is CC(C)(N)c1cc(Cl)cc2c1OCOC2. The lowest BCUT2D eigenvalue weighted by Gasteiger charge is -2.27. The Kier molecular flexibility index (Phi) is 2.63. The molecule has 15 heavy (non-hydrogen) atoms. The smallest absolute Gasteiger partial charge is 0.189 e. The molecule has 0 unspecified atom stereocenters. The van der Waals surface area contributed by atoms with Gasteiger partial charge in [0.05, 0.1) is 6.61 Å². The molecule has 1 aliphatic rings. The second kappa shape index (κ2) is 3.67. The highest BCUT2D eigenvalue weighted by molar-refractivity contribution is 6.30. The number of fused-ring (bicyclic) bond motifs is 1. The van der Waals surface area contributed by atoms with Crippen molar-refractivity contribution < 1.29 is 9.47 Å². The van der Waals surface area contributed by atoms with Gasteiger partial charge in [0, 0.05) is 21.7 Å². The van der Waals surface area contributed by atoms with E-state index in [1.54, 1.807) is 0 Å². The molecule has 0 aromatic heterocycles. The third-order valence-corrected chi connectivity index (χ3v) is 2.59. The predicted octanol–water partition coefficient (Wildman–Crippen LogP) is 2.40. The van der Waals surface area contributed by atoms with Crippen LogP contribution in [0.5, 0.6) is 5.75 Å². The maximum atomic E-state index is 6.07. The minimum absolute atomic E-state index is 0.276. The molecule has 1 aliphatic heterocycles. The molecule has 0 amide bonds. The van der Waals surface area contributed by atoms with Gasteiger partial charge >= 0.3 is 0 Å². The zero-order valence-electron chi connectivity index (χ0n) is 8.84. The Balaban J connectivity index is 2.58. The second-order valence-corrected chi connectivity index (χ2v) is 4.71. The van der Waals surface area contributed by atoms with Gasteiger partial charge in [-0.3, -0.25) is 0 Å². The lowest BCUT2D eigenvalue weighted by Crippen LogP contribution is -2.30. The van der Waals surface area contributed by atoms with Crippen LogP contribution in [-0.4, -0.2) is 6.79 Å². The maximum Gasteiger partial charge on any atom is 0.189 e. The highest BCUT2D eigenvalue weighted by atomic mass is 35.5. The van der Waals surface area contributed by atoms with Crippen molar-refractivity contribution in [1.29, 1.82) is 0 Å². The molecule has 3 nitrogen and oxygen atoms in total. The van der Waals surface area contributed by atoms with Crippen molar-refractivity contribution in [3.63, 3.8) is 0 Å². The molecule has 1 aromatic rings. The average Bonchev–Trinajstić information content (AvgIpc) is 2.15. The van der Waals surface area contributed by atoms with Crippen LogP contribution in [0.15, 0.2) is 12.1 Å². The van der Waals surface area contributed by atoms with Gasteiger partial charge < -0.3 is 15.2 Å². The molecule has 1 aromatic carbocycles. The molecule has 0 atom stereocenters. The van der Waals surface area contributed by atoms with E-state index >= 15 is 0 Å². The Labute approximate surface area is 94.1 Å². The molecular formula is C11H14ClNO2. The first-order valence-electron chi connectivity index (χ1n) is 4.81. The van der Waals surface area contributed by atoms with Crippen LogP contribution in [0.1, 0.15) is 25.0 Å². The van der Waals surface area contributed by atoms with E-state index < -0.39 is 5.54 Å². The van der Waals surface area contributed by atoms with Crippen molar-refractivity contribution in [3.8, 4) is 5.75 Å². The normalized spacial score (nSPS) is 15.7. The van der Waals surface area contributed by atoms with Crippen LogP contribution in [0.4, 0.5) is 0 Å². The molecule has 2 rings (SSSR count). The van der Waals surface area contributed by atoms with Gasteiger partial charge in [0.2, 0.25) is 0 Å². The molecule has 0 bridgehead atoms. The molecule has 0 fully saturated rings. The quantitative estimate of drug-likeness (QED) is 0.801. The number of ether oxygens (including phenoxy) is 2. The number of hydrogen-bond donors (Lipinski definition) is 1. The van der Waals surface area contributed by atoms with E-state index in [1.165, 1.54) is 0 Å². The van der Waals surface area contributed by atoms with E-state index in [0.29, 0.717) is 11.6 Å². The van der Waals surface area contributed by atoms with Crippen LogP contribution in [0, 0.1) is 0 Å². The van der Waals surface area contributed by atoms with E-state index in [1.807, 2.05) is 26.0 Å². The second-order valence-electron chi connectivity index (χ2n) is 4.27.